The normalized spacial score (nSPS) is 24.3. The van der Waals surface area contributed by atoms with E-state index in [0.717, 1.165) is 20.8 Å². The number of hydrogen-bond acceptors (Lipinski definition) is 12. The van der Waals surface area contributed by atoms with Crippen LogP contribution in [0, 0.1) is 5.92 Å². The van der Waals surface area contributed by atoms with Crippen LogP contribution in [-0.4, -0.2) is 128 Å². The first kappa shape index (κ1) is 44.1. The topological polar surface area (TPSA) is 272 Å². The van der Waals surface area contributed by atoms with Crippen molar-refractivity contribution in [2.24, 2.45) is 5.92 Å². The van der Waals surface area contributed by atoms with Crippen molar-refractivity contribution in [2.75, 3.05) is 26.2 Å². The van der Waals surface area contributed by atoms with Gasteiger partial charge in [0.1, 0.15) is 12.1 Å². The van der Waals surface area contributed by atoms with Crippen LogP contribution in [-0.2, 0) is 60.2 Å². The number of hydrogen-bond donors (Lipinski definition) is 7. The first-order valence-electron chi connectivity index (χ1n) is 16.1. The van der Waals surface area contributed by atoms with Gasteiger partial charge in [0.25, 0.3) is 0 Å². The van der Waals surface area contributed by atoms with Gasteiger partial charge in [-0.05, 0) is 32.1 Å². The molecule has 2 heterocycles. The third-order valence-electron chi connectivity index (χ3n) is 8.59. The van der Waals surface area contributed by atoms with Gasteiger partial charge in [0.05, 0.1) is 25.2 Å². The van der Waals surface area contributed by atoms with E-state index < -0.39 is 96.0 Å². The molecule has 2 aliphatic rings. The molecule has 2 rings (SSSR count). The third kappa shape index (κ3) is 13.7. The Morgan fingerprint density at radius 3 is 2.02 bits per heavy atom. The fraction of sp³-hybridized carbons (Fsp3) is 0.700. The van der Waals surface area contributed by atoms with Gasteiger partial charge in [-0.15, -0.1) is 0 Å². The summed E-state index contributed by atoms with van der Waals surface area (Å²) in [6, 6.07) is -2.92. The molecule has 0 aromatic carbocycles. The number of ketones is 2. The van der Waals surface area contributed by atoms with Gasteiger partial charge in [-0.2, -0.15) is 0 Å². The van der Waals surface area contributed by atoms with Crippen molar-refractivity contribution in [3.63, 3.8) is 0 Å². The van der Waals surface area contributed by atoms with Crippen LogP contribution in [0.4, 0.5) is 0 Å². The maximum Gasteiger partial charge on any atom is 0.243 e. The Morgan fingerprint density at radius 1 is 0.780 bits per heavy atom. The molecule has 4 atom stereocenters. The van der Waals surface area contributed by atoms with Crippen LogP contribution in [0.1, 0.15) is 85.0 Å². The van der Waals surface area contributed by atoms with E-state index in [0.29, 0.717) is 15.2 Å². The SMILES string of the molecule is CC(=O)N(O)CCC[C@@H]1NC(=O)[C@@H]2CC(CCN(O)C(C)=O)(N(O)C(C)=O)CCC[C@H](CC(=O)CNC(=O)CCC(=O)CNC1=O)C(=O)N2.[Fe]. The number of carbonyl (C=O) groups excluding carboxylic acids is 9. The summed E-state index contributed by atoms with van der Waals surface area (Å²) in [7, 11) is 0. The summed E-state index contributed by atoms with van der Waals surface area (Å²) in [6.07, 6.45) is -1.57. The summed E-state index contributed by atoms with van der Waals surface area (Å²) in [5.74, 6) is -7.37. The van der Waals surface area contributed by atoms with Crippen LogP contribution >= 0.6 is 0 Å². The summed E-state index contributed by atoms with van der Waals surface area (Å²) in [5, 5.41) is 42.0. The van der Waals surface area contributed by atoms with Gasteiger partial charge in [0, 0.05) is 76.0 Å². The van der Waals surface area contributed by atoms with E-state index in [-0.39, 0.29) is 87.9 Å². The molecular formula is C30H47FeN7O12. The van der Waals surface area contributed by atoms with Gasteiger partial charge < -0.3 is 21.3 Å². The Hall–Kier alpha value is -3.97. The molecule has 0 spiro atoms. The largest absolute Gasteiger partial charge is 0.349 e. The Labute approximate surface area is 299 Å². The molecular weight excluding hydrogens is 706 g/mol. The van der Waals surface area contributed by atoms with Crippen LogP contribution in [0.15, 0.2) is 0 Å². The zero-order valence-electron chi connectivity index (χ0n) is 28.3. The number of nitrogens with one attached hydrogen (secondary N) is 4. The molecule has 50 heavy (non-hydrogen) atoms. The number of Topliss-reactive ketones (excluding diaryl/α,β-unsaturated/α-hetero) is 2. The number of amides is 7. The van der Waals surface area contributed by atoms with Gasteiger partial charge >= 0.3 is 0 Å². The summed E-state index contributed by atoms with van der Waals surface area (Å²) >= 11 is 0. The minimum atomic E-state index is -1.65. The average Bonchev–Trinajstić information content (AvgIpc) is 3.10. The fourth-order valence-corrected chi connectivity index (χ4v) is 5.74. The van der Waals surface area contributed by atoms with Crippen LogP contribution < -0.4 is 21.3 Å². The van der Waals surface area contributed by atoms with E-state index >= 15 is 0 Å². The van der Waals surface area contributed by atoms with E-state index in [4.69, 9.17) is 0 Å². The van der Waals surface area contributed by atoms with E-state index in [1.807, 2.05) is 0 Å². The quantitative estimate of drug-likeness (QED) is 0.0833. The molecule has 2 aliphatic heterocycles. The summed E-state index contributed by atoms with van der Waals surface area (Å²) in [6.45, 7) is 1.73. The first-order chi connectivity index (χ1) is 22.9. The molecule has 282 valence electrons. The van der Waals surface area contributed by atoms with Crippen molar-refractivity contribution >= 4 is 52.9 Å². The molecule has 0 radical (unpaired) electrons. The number of fused-ring (bicyclic) bond motifs is 3. The van der Waals surface area contributed by atoms with Gasteiger partial charge in [-0.1, -0.05) is 6.42 Å². The number of carbonyl (C=O) groups is 9. The second-order valence-corrected chi connectivity index (χ2v) is 12.4. The van der Waals surface area contributed by atoms with Crippen molar-refractivity contribution in [1.29, 1.82) is 0 Å². The number of hydroxylamine groups is 6. The predicted octanol–water partition coefficient (Wildman–Crippen LogP) is -1.68. The Bertz CT molecular complexity index is 1300. The molecule has 0 aromatic heterocycles. The summed E-state index contributed by atoms with van der Waals surface area (Å²) < 4.78 is 0. The molecule has 2 fully saturated rings. The van der Waals surface area contributed by atoms with Crippen LogP contribution in [0.3, 0.4) is 0 Å². The molecule has 19 nitrogen and oxygen atoms in total. The van der Waals surface area contributed by atoms with Gasteiger partial charge in [0.15, 0.2) is 11.6 Å². The van der Waals surface area contributed by atoms with E-state index in [1.165, 1.54) is 0 Å². The van der Waals surface area contributed by atoms with E-state index in [9.17, 15) is 58.8 Å². The zero-order chi connectivity index (χ0) is 36.9. The Kier molecular flexibility index (Phi) is 18.2. The van der Waals surface area contributed by atoms with Crippen molar-refractivity contribution in [3.8, 4) is 0 Å². The van der Waals surface area contributed by atoms with Gasteiger partial charge in [-0.3, -0.25) is 58.8 Å². The van der Waals surface area contributed by atoms with Crippen LogP contribution in [0.2, 0.25) is 0 Å². The molecule has 7 amide bonds. The second kappa shape index (κ2) is 20.6. The summed E-state index contributed by atoms with van der Waals surface area (Å²) in [4.78, 5) is 114. The maximum absolute atomic E-state index is 13.9. The zero-order valence-corrected chi connectivity index (χ0v) is 29.4. The standard InChI is InChI=1S/C30H47N7O12.Fe/c1-18(38)35(47)12-5-7-24-28(45)32-16-22(41)8-9-26(43)31-17-23(42)14-21-6-4-10-30(37(49)20(3)40,11-13-36(48)19(2)39)15-25(29(46)33-24)34-27(21)44;/h21,24-25,47-49H,4-17H2,1-3H3,(H,31,43)(H,32,45)(H,33,46)(H,34,44);/t21-,24+,25+,30?;/m1./s1. The minimum Gasteiger partial charge on any atom is -0.349 e. The maximum atomic E-state index is 13.9. The van der Waals surface area contributed by atoms with Gasteiger partial charge in [-0.25, -0.2) is 15.2 Å². The number of nitrogens with zero attached hydrogens (tertiary/aromatic N) is 3. The van der Waals surface area contributed by atoms with E-state index in [1.54, 1.807) is 0 Å². The fourth-order valence-electron chi connectivity index (χ4n) is 5.74. The molecule has 0 aliphatic carbocycles. The molecule has 7 N–H and O–H groups in total. The minimum absolute atomic E-state index is 0. The van der Waals surface area contributed by atoms with Crippen LogP contribution in [0.5, 0.6) is 0 Å². The molecule has 2 saturated heterocycles. The summed E-state index contributed by atoms with van der Waals surface area (Å²) in [5.41, 5.74) is -1.65. The Balaban J connectivity index is 0.0000125. The van der Waals surface area contributed by atoms with Crippen molar-refractivity contribution in [3.05, 3.63) is 0 Å². The van der Waals surface area contributed by atoms with Crippen molar-refractivity contribution < 1.29 is 75.8 Å². The smallest absolute Gasteiger partial charge is 0.243 e. The number of rotatable bonds is 8. The van der Waals surface area contributed by atoms with Crippen molar-refractivity contribution in [1.82, 2.24) is 36.5 Å². The Morgan fingerprint density at radius 2 is 1.40 bits per heavy atom. The third-order valence-corrected chi connectivity index (χ3v) is 8.59. The first-order valence-corrected chi connectivity index (χ1v) is 16.1. The van der Waals surface area contributed by atoms with E-state index in [2.05, 4.69) is 21.3 Å². The molecule has 0 saturated carbocycles. The average molecular weight is 754 g/mol. The van der Waals surface area contributed by atoms with Crippen molar-refractivity contribution in [2.45, 2.75) is 103 Å². The monoisotopic (exact) mass is 753 g/mol. The molecule has 0 aromatic rings. The predicted molar refractivity (Wildman–Crippen MR) is 165 cm³/mol. The molecule has 2 bridgehead atoms. The molecule has 1 unspecified atom stereocenters. The van der Waals surface area contributed by atoms with Gasteiger partial charge in [0.2, 0.25) is 41.4 Å². The van der Waals surface area contributed by atoms with Crippen LogP contribution in [0.25, 0.3) is 0 Å². The molecule has 20 heteroatoms. The second-order valence-electron chi connectivity index (χ2n) is 12.4.